The van der Waals surface area contributed by atoms with Crippen LogP contribution < -0.4 is 10.6 Å². The van der Waals surface area contributed by atoms with E-state index < -0.39 is 17.8 Å². The van der Waals surface area contributed by atoms with Gasteiger partial charge in [-0.15, -0.1) is 5.06 Å². The van der Waals surface area contributed by atoms with Gasteiger partial charge in [-0.3, -0.25) is 24.1 Å². The number of amides is 4. The van der Waals surface area contributed by atoms with Crippen molar-refractivity contribution in [2.75, 3.05) is 26.2 Å². The third kappa shape index (κ3) is 7.40. The van der Waals surface area contributed by atoms with Crippen LogP contribution in [-0.2, 0) is 28.8 Å². The van der Waals surface area contributed by atoms with Gasteiger partial charge in [-0.1, -0.05) is 20.8 Å². The van der Waals surface area contributed by atoms with E-state index in [1.807, 2.05) is 0 Å². The van der Waals surface area contributed by atoms with Crippen LogP contribution >= 0.6 is 0 Å². The Morgan fingerprint density at radius 2 is 1.67 bits per heavy atom. The van der Waals surface area contributed by atoms with Gasteiger partial charge in [-0.05, 0) is 24.8 Å². The second-order valence-corrected chi connectivity index (χ2v) is 8.88. The number of carbonyl (C=O) groups excluding carboxylic acids is 5. The van der Waals surface area contributed by atoms with E-state index in [0.29, 0.717) is 5.06 Å². The minimum absolute atomic E-state index is 0.0177. The van der Waals surface area contributed by atoms with E-state index in [4.69, 9.17) is 4.84 Å². The number of carbonyl (C=O) groups is 5. The highest BCUT2D eigenvalue weighted by Crippen LogP contribution is 2.23. The maximum atomic E-state index is 12.4. The Morgan fingerprint density at radius 3 is 2.30 bits per heavy atom. The lowest BCUT2D eigenvalue weighted by molar-refractivity contribution is -0.197. The molecular weight excluding hydrogens is 401 g/mol. The lowest BCUT2D eigenvalue weighted by Gasteiger charge is -2.30. The van der Waals surface area contributed by atoms with Crippen LogP contribution in [0.5, 0.6) is 0 Å². The first-order valence-corrected chi connectivity index (χ1v) is 10.4. The molecule has 2 N–H and O–H groups in total. The number of imide groups is 1. The van der Waals surface area contributed by atoms with Gasteiger partial charge in [0.1, 0.15) is 0 Å². The monoisotopic (exact) mass is 433 g/mol. The summed E-state index contributed by atoms with van der Waals surface area (Å²) in [6, 6.07) is -0.155. The molecule has 0 aromatic heterocycles. The third-order valence-corrected chi connectivity index (χ3v) is 4.85. The minimum atomic E-state index is -0.771. The molecule has 2 aliphatic heterocycles. The molecule has 2 aliphatic rings. The number of hydroxylamine groups is 2. The number of likely N-dealkylation sites (tertiary alicyclic amines) is 1. The Labute approximate surface area is 176 Å². The molecule has 1 unspecified atom stereocenters. The lowest BCUT2D eigenvalue weighted by Crippen LogP contribution is -2.46. The van der Waals surface area contributed by atoms with E-state index in [2.05, 4.69) is 36.3 Å². The molecule has 2 saturated heterocycles. The molecule has 4 amide bonds. The standard InChI is InChI=1S/C20H32N4O6/c1-20(2,3)13-23-12-4-5-14(23)19(29)22-10-8-15(25)21-11-9-18(28)30-24-16(26)6-7-17(24)27/h14H,4-13H2,1-3H3,(H,21,25)(H,22,29)/i1+1,2+1,3+1,8+1,13+1,15+1,18+1,21+1,23+1. The molecule has 0 spiro atoms. The van der Waals surface area contributed by atoms with Crippen molar-refractivity contribution in [3.63, 3.8) is 0 Å². The van der Waals surface area contributed by atoms with E-state index in [1.165, 1.54) is 0 Å². The summed E-state index contributed by atoms with van der Waals surface area (Å²) in [5.74, 6) is -2.23. The largest absolute Gasteiger partial charge is 0.355 e. The molecule has 0 aromatic rings. The van der Waals surface area contributed by atoms with Gasteiger partial charge in [0.15, 0.2) is 0 Å². The molecule has 2 heterocycles. The molecule has 30 heavy (non-hydrogen) atoms. The second kappa shape index (κ2) is 10.5. The highest BCUT2D eigenvalue weighted by Gasteiger charge is 2.33. The van der Waals surface area contributed by atoms with Crippen LogP contribution in [0.3, 0.4) is 0 Å². The molecule has 0 radical (unpaired) electrons. The highest BCUT2D eigenvalue weighted by molar-refractivity contribution is 6.01. The lowest BCUT2D eigenvalue weighted by atomic mass is 10.2. The van der Waals surface area contributed by atoms with Crippen LogP contribution in [0.25, 0.3) is 0 Å². The second-order valence-electron chi connectivity index (χ2n) is 8.88. The predicted molar refractivity (Wildman–Crippen MR) is 106 cm³/mol. The summed E-state index contributed by atoms with van der Waals surface area (Å²) in [7, 11) is 0. The average Bonchev–Trinajstić information content (AvgIpc) is 3.21. The van der Waals surface area contributed by atoms with Crippen LogP contribution in [0.15, 0.2) is 0 Å². The molecule has 0 aliphatic carbocycles. The summed E-state index contributed by atoms with van der Waals surface area (Å²) in [4.78, 5) is 65.7. The third-order valence-electron chi connectivity index (χ3n) is 4.85. The SMILES string of the molecule is [13CH3]C([13CH3])([13CH3])[13CH2][15N]1CCCC1C(=O)NC[13CH2][13C](=O)[15NH]CC[13C](=O)ON1C(=O)CCC1=O. The van der Waals surface area contributed by atoms with E-state index in [-0.39, 0.29) is 62.0 Å². The Kier molecular flexibility index (Phi) is 8.33. The zero-order chi connectivity index (χ0) is 22.3. The zero-order valence-corrected chi connectivity index (χ0v) is 18.0. The summed E-state index contributed by atoms with van der Waals surface area (Å²) >= 11 is 0. The average molecular weight is 433 g/mol. The molecular formula is C20H32N4O6. The quantitative estimate of drug-likeness (QED) is 0.301. The molecule has 0 aromatic carbocycles. The summed E-state index contributed by atoms with van der Waals surface area (Å²) in [6.45, 7) is 8.40. The summed E-state index contributed by atoms with van der Waals surface area (Å²) in [5, 5.41) is 5.85. The van der Waals surface area contributed by atoms with Crippen molar-refractivity contribution in [3.8, 4) is 0 Å². The van der Waals surface area contributed by atoms with Crippen molar-refractivity contribution >= 4 is 29.6 Å². The molecule has 10 heteroatoms. The number of hydrogen-bond acceptors (Lipinski definition) is 7. The number of rotatable bonds is 9. The van der Waals surface area contributed by atoms with Gasteiger partial charge in [-0.25, -0.2) is 4.79 Å². The van der Waals surface area contributed by atoms with Gasteiger partial charge >= 0.3 is 5.97 Å². The Hall–Kier alpha value is -2.49. The zero-order valence-electron chi connectivity index (χ0n) is 18.0. The van der Waals surface area contributed by atoms with Crippen molar-refractivity contribution in [1.29, 1.82) is 0 Å². The van der Waals surface area contributed by atoms with Gasteiger partial charge in [0.2, 0.25) is 11.8 Å². The Bertz CT molecular complexity index is 671. The van der Waals surface area contributed by atoms with Gasteiger partial charge in [0.25, 0.3) is 11.8 Å². The fraction of sp³-hybridized carbons (Fsp3) is 0.750. The maximum Gasteiger partial charge on any atom is 0.334 e. The Balaban J connectivity index is 1.60. The smallest absolute Gasteiger partial charge is 0.334 e. The van der Waals surface area contributed by atoms with Crippen molar-refractivity contribution in [3.05, 3.63) is 0 Å². The predicted octanol–water partition coefficient (Wildman–Crippen LogP) is 0.117. The van der Waals surface area contributed by atoms with Crippen LogP contribution in [0.2, 0.25) is 0 Å². The van der Waals surface area contributed by atoms with Crippen LogP contribution in [0.1, 0.15) is 59.3 Å². The molecule has 2 fully saturated rings. The first-order valence-electron chi connectivity index (χ1n) is 10.4. The van der Waals surface area contributed by atoms with Gasteiger partial charge in [0, 0.05) is 38.9 Å². The summed E-state index contributed by atoms with van der Waals surface area (Å²) < 4.78 is 0. The van der Waals surface area contributed by atoms with Gasteiger partial charge in [-0.2, -0.15) is 0 Å². The maximum absolute atomic E-state index is 12.4. The molecule has 2 rings (SSSR count). The van der Waals surface area contributed by atoms with Crippen molar-refractivity contribution < 1.29 is 28.8 Å². The number of hydrogen-bond donors (Lipinski definition) is 2. The molecule has 10 nitrogen and oxygen atoms in total. The normalized spacial score (nSPS) is 19.8. The van der Waals surface area contributed by atoms with E-state index in [0.717, 1.165) is 25.9 Å². The fourth-order valence-electron chi connectivity index (χ4n) is 3.54. The molecule has 0 saturated carbocycles. The minimum Gasteiger partial charge on any atom is -0.355 e. The van der Waals surface area contributed by atoms with Gasteiger partial charge in [0.05, 0.1) is 12.5 Å². The van der Waals surface area contributed by atoms with E-state index in [9.17, 15) is 24.0 Å². The molecule has 1 atom stereocenters. The van der Waals surface area contributed by atoms with Gasteiger partial charge < -0.3 is 15.5 Å². The van der Waals surface area contributed by atoms with E-state index in [1.54, 1.807) is 0 Å². The number of nitrogens with zero attached hydrogens (tertiary/aromatic N) is 2. The summed E-state index contributed by atoms with van der Waals surface area (Å²) in [6.07, 6.45) is 1.79. The molecule has 168 valence electrons. The summed E-state index contributed by atoms with van der Waals surface area (Å²) in [5.41, 5.74) is 0.110. The van der Waals surface area contributed by atoms with Crippen molar-refractivity contribution in [2.45, 2.75) is 65.3 Å². The van der Waals surface area contributed by atoms with Crippen LogP contribution in [0.4, 0.5) is 0 Å². The topological polar surface area (TPSA) is 125 Å². The highest BCUT2D eigenvalue weighted by atomic mass is 16.8. The van der Waals surface area contributed by atoms with E-state index >= 15 is 0 Å². The molecule has 0 bridgehead atoms. The fourth-order valence-corrected chi connectivity index (χ4v) is 3.54. The first kappa shape index (κ1) is 23.8. The first-order chi connectivity index (χ1) is 14.1. The van der Waals surface area contributed by atoms with Crippen molar-refractivity contribution in [1.82, 2.24) is 20.6 Å². The van der Waals surface area contributed by atoms with Crippen LogP contribution in [-0.4, -0.2) is 71.8 Å². The van der Waals surface area contributed by atoms with Crippen LogP contribution in [0, 0.1) is 5.41 Å². The Morgan fingerprint density at radius 1 is 1.03 bits per heavy atom. The van der Waals surface area contributed by atoms with Crippen molar-refractivity contribution in [2.24, 2.45) is 5.41 Å². The number of nitrogens with one attached hydrogen (secondary N) is 2.